The number of rotatable bonds is 3. The minimum atomic E-state index is -0.500. The first-order valence-corrected chi connectivity index (χ1v) is 6.87. The van der Waals surface area contributed by atoms with Crippen molar-refractivity contribution in [2.45, 2.75) is 25.8 Å². The molecular formula is C14H17N3O3. The molecule has 6 heteroatoms. The minimum absolute atomic E-state index is 0.0215. The second-order valence-corrected chi connectivity index (χ2v) is 5.00. The molecule has 1 fully saturated rings. The lowest BCUT2D eigenvalue weighted by molar-refractivity contribution is -0.127. The summed E-state index contributed by atoms with van der Waals surface area (Å²) >= 11 is 0. The van der Waals surface area contributed by atoms with Crippen LogP contribution in [0.25, 0.3) is 11.1 Å². The Morgan fingerprint density at radius 3 is 2.75 bits per heavy atom. The predicted molar refractivity (Wildman–Crippen MR) is 74.0 cm³/mol. The van der Waals surface area contributed by atoms with E-state index in [-0.39, 0.29) is 12.5 Å². The van der Waals surface area contributed by atoms with Gasteiger partial charge in [0, 0.05) is 13.1 Å². The summed E-state index contributed by atoms with van der Waals surface area (Å²) in [6, 6.07) is 7.10. The summed E-state index contributed by atoms with van der Waals surface area (Å²) in [6.45, 7) is 1.71. The number of fused-ring (bicyclic) bond motifs is 1. The fourth-order valence-electron chi connectivity index (χ4n) is 2.52. The van der Waals surface area contributed by atoms with Gasteiger partial charge in [0.1, 0.15) is 6.54 Å². The summed E-state index contributed by atoms with van der Waals surface area (Å²) in [5, 5.41) is 1.92. The quantitative estimate of drug-likeness (QED) is 0.911. The van der Waals surface area contributed by atoms with Crippen LogP contribution in [0.5, 0.6) is 0 Å². The van der Waals surface area contributed by atoms with E-state index in [2.05, 4.69) is 5.43 Å². The molecule has 1 N–H and O–H groups in total. The van der Waals surface area contributed by atoms with Crippen LogP contribution in [0.2, 0.25) is 0 Å². The Morgan fingerprint density at radius 1 is 1.20 bits per heavy atom. The number of amides is 1. The first-order valence-electron chi connectivity index (χ1n) is 6.87. The molecule has 1 aromatic heterocycles. The Kier molecular flexibility index (Phi) is 3.56. The standard InChI is InChI=1S/C14H17N3O3/c18-13(15-16-8-4-1-5-9-16)10-17-11-6-2-3-7-12(11)20-14(17)19/h2-3,6-7H,1,4-5,8-10H2,(H,15,18). The van der Waals surface area contributed by atoms with Crippen molar-refractivity contribution in [3.05, 3.63) is 34.8 Å². The lowest BCUT2D eigenvalue weighted by Gasteiger charge is -2.26. The molecule has 0 spiro atoms. The smallest absolute Gasteiger partial charge is 0.408 e. The van der Waals surface area contributed by atoms with Gasteiger partial charge in [-0.15, -0.1) is 0 Å². The topological polar surface area (TPSA) is 67.5 Å². The number of nitrogens with zero attached hydrogens (tertiary/aromatic N) is 2. The maximum absolute atomic E-state index is 12.0. The van der Waals surface area contributed by atoms with Crippen LogP contribution < -0.4 is 11.2 Å². The van der Waals surface area contributed by atoms with Crippen LogP contribution in [0.15, 0.2) is 33.5 Å². The number of hydrogen-bond acceptors (Lipinski definition) is 4. The number of hydrazine groups is 1. The molecule has 1 aliphatic heterocycles. The maximum Gasteiger partial charge on any atom is 0.420 e. The lowest BCUT2D eigenvalue weighted by Crippen LogP contribution is -2.46. The van der Waals surface area contributed by atoms with E-state index in [0.29, 0.717) is 11.1 Å². The van der Waals surface area contributed by atoms with Crippen molar-refractivity contribution < 1.29 is 9.21 Å². The van der Waals surface area contributed by atoms with Gasteiger partial charge in [0.05, 0.1) is 5.52 Å². The van der Waals surface area contributed by atoms with E-state index >= 15 is 0 Å². The van der Waals surface area contributed by atoms with Gasteiger partial charge in [-0.3, -0.25) is 14.8 Å². The predicted octanol–water partition coefficient (Wildman–Crippen LogP) is 1.11. The van der Waals surface area contributed by atoms with E-state index in [4.69, 9.17) is 4.42 Å². The highest BCUT2D eigenvalue weighted by molar-refractivity contribution is 5.79. The number of benzene rings is 1. The largest absolute Gasteiger partial charge is 0.420 e. The van der Waals surface area contributed by atoms with E-state index in [1.165, 1.54) is 11.0 Å². The first kappa shape index (κ1) is 12.9. The van der Waals surface area contributed by atoms with E-state index in [1.54, 1.807) is 18.2 Å². The third-order valence-corrected chi connectivity index (χ3v) is 3.51. The number of aromatic nitrogens is 1. The van der Waals surface area contributed by atoms with Gasteiger partial charge in [-0.05, 0) is 25.0 Å². The van der Waals surface area contributed by atoms with Crippen LogP contribution in [0.4, 0.5) is 0 Å². The van der Waals surface area contributed by atoms with Crippen LogP contribution in [0.3, 0.4) is 0 Å². The zero-order chi connectivity index (χ0) is 13.9. The number of carbonyl (C=O) groups excluding carboxylic acids is 1. The SMILES string of the molecule is O=C(Cn1c(=O)oc2ccccc21)NN1CCCCC1. The molecule has 20 heavy (non-hydrogen) atoms. The number of oxazole rings is 1. The van der Waals surface area contributed by atoms with Crippen LogP contribution in [0, 0.1) is 0 Å². The highest BCUT2D eigenvalue weighted by Crippen LogP contribution is 2.11. The Morgan fingerprint density at radius 2 is 1.95 bits per heavy atom. The molecule has 1 aromatic carbocycles. The molecule has 1 amide bonds. The third-order valence-electron chi connectivity index (χ3n) is 3.51. The van der Waals surface area contributed by atoms with E-state index in [9.17, 15) is 9.59 Å². The van der Waals surface area contributed by atoms with Crippen LogP contribution in [-0.2, 0) is 11.3 Å². The summed E-state index contributed by atoms with van der Waals surface area (Å²) in [6.07, 6.45) is 3.39. The van der Waals surface area contributed by atoms with Crippen molar-refractivity contribution in [2.75, 3.05) is 13.1 Å². The van der Waals surface area contributed by atoms with Gasteiger partial charge < -0.3 is 4.42 Å². The van der Waals surface area contributed by atoms with Gasteiger partial charge in [-0.1, -0.05) is 18.6 Å². The van der Waals surface area contributed by atoms with Crippen LogP contribution in [0.1, 0.15) is 19.3 Å². The maximum atomic E-state index is 12.0. The molecule has 0 bridgehead atoms. The molecule has 0 atom stereocenters. The molecule has 0 saturated carbocycles. The second kappa shape index (κ2) is 5.50. The van der Waals surface area contributed by atoms with Gasteiger partial charge in [0.2, 0.25) is 0 Å². The Balaban J connectivity index is 1.74. The average Bonchev–Trinajstić information content (AvgIpc) is 2.76. The molecule has 0 radical (unpaired) electrons. The fourth-order valence-corrected chi connectivity index (χ4v) is 2.52. The third kappa shape index (κ3) is 2.60. The van der Waals surface area contributed by atoms with Gasteiger partial charge in [-0.25, -0.2) is 9.80 Å². The van der Waals surface area contributed by atoms with Crippen molar-refractivity contribution in [3.63, 3.8) is 0 Å². The zero-order valence-electron chi connectivity index (χ0n) is 11.2. The minimum Gasteiger partial charge on any atom is -0.408 e. The Bertz CT molecular complexity index is 668. The van der Waals surface area contributed by atoms with Crippen LogP contribution in [-0.4, -0.2) is 28.6 Å². The van der Waals surface area contributed by atoms with Crippen LogP contribution >= 0.6 is 0 Å². The first-order chi connectivity index (χ1) is 9.74. The molecule has 1 aliphatic rings. The van der Waals surface area contributed by atoms with Crippen molar-refractivity contribution >= 4 is 17.0 Å². The fraction of sp³-hybridized carbons (Fsp3) is 0.429. The van der Waals surface area contributed by atoms with E-state index < -0.39 is 5.76 Å². The molecule has 0 unspecified atom stereocenters. The molecule has 0 aliphatic carbocycles. The summed E-state index contributed by atoms with van der Waals surface area (Å²) < 4.78 is 6.46. The molecular weight excluding hydrogens is 258 g/mol. The molecule has 3 rings (SSSR count). The lowest BCUT2D eigenvalue weighted by atomic mass is 10.2. The van der Waals surface area contributed by atoms with Crippen molar-refractivity contribution in [3.8, 4) is 0 Å². The number of hydrogen-bond donors (Lipinski definition) is 1. The number of carbonyl (C=O) groups is 1. The summed E-state index contributed by atoms with van der Waals surface area (Å²) in [7, 11) is 0. The number of piperidine rings is 1. The summed E-state index contributed by atoms with van der Waals surface area (Å²) in [4.78, 5) is 23.8. The van der Waals surface area contributed by atoms with Gasteiger partial charge in [0.25, 0.3) is 5.91 Å². The van der Waals surface area contributed by atoms with Gasteiger partial charge in [0.15, 0.2) is 5.58 Å². The molecule has 1 saturated heterocycles. The average molecular weight is 275 g/mol. The Hall–Kier alpha value is -2.08. The molecule has 2 aromatic rings. The summed E-state index contributed by atoms with van der Waals surface area (Å²) in [5.74, 6) is -0.694. The van der Waals surface area contributed by atoms with E-state index in [0.717, 1.165) is 25.9 Å². The van der Waals surface area contributed by atoms with Crippen molar-refractivity contribution in [2.24, 2.45) is 0 Å². The number of nitrogens with one attached hydrogen (secondary N) is 1. The molecule has 106 valence electrons. The normalized spacial score (nSPS) is 16.4. The monoisotopic (exact) mass is 275 g/mol. The number of para-hydroxylation sites is 2. The Labute approximate surface area is 115 Å². The molecule has 6 nitrogen and oxygen atoms in total. The zero-order valence-corrected chi connectivity index (χ0v) is 11.2. The molecule has 2 heterocycles. The van der Waals surface area contributed by atoms with Gasteiger partial charge in [-0.2, -0.15) is 0 Å². The van der Waals surface area contributed by atoms with Gasteiger partial charge >= 0.3 is 5.76 Å². The van der Waals surface area contributed by atoms with Crippen molar-refractivity contribution in [1.82, 2.24) is 15.0 Å². The highest BCUT2D eigenvalue weighted by atomic mass is 16.4. The van der Waals surface area contributed by atoms with Crippen molar-refractivity contribution in [1.29, 1.82) is 0 Å². The second-order valence-electron chi connectivity index (χ2n) is 5.00. The van der Waals surface area contributed by atoms with E-state index in [1.807, 2.05) is 11.1 Å². The highest BCUT2D eigenvalue weighted by Gasteiger charge is 2.16. The summed E-state index contributed by atoms with van der Waals surface area (Å²) in [5.41, 5.74) is 3.99.